The molecule has 0 spiro atoms. The minimum Gasteiger partial charge on any atom is -0.481 e. The van der Waals surface area contributed by atoms with Crippen molar-refractivity contribution >= 4 is 22.4 Å². The van der Waals surface area contributed by atoms with E-state index in [4.69, 9.17) is 5.11 Å². The summed E-state index contributed by atoms with van der Waals surface area (Å²) in [6.07, 6.45) is 2.36. The van der Waals surface area contributed by atoms with Gasteiger partial charge in [0.1, 0.15) is 5.41 Å². The molecule has 0 bridgehead atoms. The van der Waals surface area contributed by atoms with E-state index in [1.54, 1.807) is 13.8 Å². The number of hydrogen-bond acceptors (Lipinski definition) is 4. The van der Waals surface area contributed by atoms with Crippen molar-refractivity contribution in [2.45, 2.75) is 45.1 Å². The molecular weight excluding hydrogens is 236 g/mol. The molecule has 0 amide bonds. The number of anilines is 1. The van der Waals surface area contributed by atoms with Crippen molar-refractivity contribution in [3.63, 3.8) is 0 Å². The van der Waals surface area contributed by atoms with Gasteiger partial charge in [-0.05, 0) is 32.6 Å². The maximum atomic E-state index is 11.1. The first-order chi connectivity index (χ1) is 7.89. The molecule has 2 rings (SSSR count). The summed E-state index contributed by atoms with van der Waals surface area (Å²) < 4.78 is 0. The molecule has 1 aromatic rings. The summed E-state index contributed by atoms with van der Waals surface area (Å²) >= 11 is 1.49. The van der Waals surface area contributed by atoms with Crippen LogP contribution in [0.2, 0.25) is 0 Å². The van der Waals surface area contributed by atoms with Crippen molar-refractivity contribution in [1.29, 1.82) is 0 Å². The summed E-state index contributed by atoms with van der Waals surface area (Å²) in [6, 6.07) is 0.511. The zero-order chi connectivity index (χ0) is 12.6. The number of nitrogens with one attached hydrogen (secondary N) is 1. The van der Waals surface area contributed by atoms with Gasteiger partial charge in [-0.3, -0.25) is 4.79 Å². The van der Waals surface area contributed by atoms with E-state index in [1.807, 2.05) is 5.38 Å². The highest BCUT2D eigenvalue weighted by molar-refractivity contribution is 7.13. The van der Waals surface area contributed by atoms with Gasteiger partial charge in [0.2, 0.25) is 0 Å². The summed E-state index contributed by atoms with van der Waals surface area (Å²) in [7, 11) is 0. The van der Waals surface area contributed by atoms with Crippen LogP contribution in [0.5, 0.6) is 0 Å². The van der Waals surface area contributed by atoms with E-state index in [0.29, 0.717) is 11.7 Å². The molecule has 2 N–H and O–H groups in total. The van der Waals surface area contributed by atoms with Crippen LogP contribution in [-0.4, -0.2) is 22.1 Å². The van der Waals surface area contributed by atoms with E-state index >= 15 is 0 Å². The smallest absolute Gasteiger partial charge is 0.315 e. The minimum absolute atomic E-state index is 0.511. The second kappa shape index (κ2) is 4.29. The summed E-state index contributed by atoms with van der Waals surface area (Å²) in [6.45, 7) is 5.60. The first-order valence-electron chi connectivity index (χ1n) is 5.85. The highest BCUT2D eigenvalue weighted by atomic mass is 32.1. The van der Waals surface area contributed by atoms with E-state index in [2.05, 4.69) is 17.2 Å². The SMILES string of the molecule is CC1CC(Nc2nc(C(C)(C)C(=O)O)cs2)C1. The first-order valence-corrected chi connectivity index (χ1v) is 6.73. The van der Waals surface area contributed by atoms with Crippen molar-refractivity contribution in [3.8, 4) is 0 Å². The molecule has 94 valence electrons. The van der Waals surface area contributed by atoms with Gasteiger partial charge in [-0.1, -0.05) is 6.92 Å². The van der Waals surface area contributed by atoms with Crippen molar-refractivity contribution in [3.05, 3.63) is 11.1 Å². The van der Waals surface area contributed by atoms with Crippen LogP contribution in [0.15, 0.2) is 5.38 Å². The summed E-state index contributed by atoms with van der Waals surface area (Å²) in [5.74, 6) is -0.0472. The number of carboxylic acids is 1. The topological polar surface area (TPSA) is 62.2 Å². The molecule has 0 unspecified atom stereocenters. The van der Waals surface area contributed by atoms with Crippen molar-refractivity contribution < 1.29 is 9.90 Å². The Hall–Kier alpha value is -1.10. The maximum absolute atomic E-state index is 11.1. The van der Waals surface area contributed by atoms with E-state index in [0.717, 1.165) is 11.0 Å². The fourth-order valence-corrected chi connectivity index (χ4v) is 2.89. The fraction of sp³-hybridized carbons (Fsp3) is 0.667. The lowest BCUT2D eigenvalue weighted by molar-refractivity contribution is -0.142. The van der Waals surface area contributed by atoms with Crippen LogP contribution in [0.3, 0.4) is 0 Å². The van der Waals surface area contributed by atoms with Gasteiger partial charge in [-0.25, -0.2) is 4.98 Å². The summed E-state index contributed by atoms with van der Waals surface area (Å²) in [5.41, 5.74) is -0.284. The average Bonchev–Trinajstić information content (AvgIpc) is 2.64. The number of nitrogens with zero attached hydrogens (tertiary/aromatic N) is 1. The molecule has 4 nitrogen and oxygen atoms in total. The summed E-state index contributed by atoms with van der Waals surface area (Å²) in [5, 5.41) is 15.1. The third-order valence-electron chi connectivity index (χ3n) is 3.38. The lowest BCUT2D eigenvalue weighted by atomic mass is 9.82. The Morgan fingerprint density at radius 1 is 1.59 bits per heavy atom. The third kappa shape index (κ3) is 2.44. The Labute approximate surface area is 105 Å². The highest BCUT2D eigenvalue weighted by Crippen LogP contribution is 2.32. The van der Waals surface area contributed by atoms with E-state index < -0.39 is 11.4 Å². The predicted molar refractivity (Wildman–Crippen MR) is 68.6 cm³/mol. The first kappa shape index (κ1) is 12.4. The summed E-state index contributed by atoms with van der Waals surface area (Å²) in [4.78, 5) is 15.5. The van der Waals surface area contributed by atoms with Gasteiger partial charge in [0.25, 0.3) is 0 Å². The molecule has 0 aromatic carbocycles. The van der Waals surface area contributed by atoms with Gasteiger partial charge in [0.15, 0.2) is 5.13 Å². The number of carbonyl (C=O) groups is 1. The van der Waals surface area contributed by atoms with Gasteiger partial charge in [0, 0.05) is 11.4 Å². The molecule has 0 aliphatic heterocycles. The van der Waals surface area contributed by atoms with Crippen LogP contribution >= 0.6 is 11.3 Å². The fourth-order valence-electron chi connectivity index (χ4n) is 1.93. The highest BCUT2D eigenvalue weighted by Gasteiger charge is 2.33. The number of thiazole rings is 1. The second-order valence-corrected chi connectivity index (χ2v) is 6.24. The van der Waals surface area contributed by atoms with Crippen molar-refractivity contribution in [2.24, 2.45) is 5.92 Å². The van der Waals surface area contributed by atoms with Crippen molar-refractivity contribution in [1.82, 2.24) is 4.98 Å². The number of rotatable bonds is 4. The molecule has 0 atom stereocenters. The molecule has 1 fully saturated rings. The van der Waals surface area contributed by atoms with Crippen LogP contribution in [0.25, 0.3) is 0 Å². The third-order valence-corrected chi connectivity index (χ3v) is 4.15. The standard InChI is InChI=1S/C12H18N2O2S/c1-7-4-8(5-7)13-11-14-9(6-17-11)12(2,3)10(15)16/h6-8H,4-5H2,1-3H3,(H,13,14)(H,15,16). The van der Waals surface area contributed by atoms with Gasteiger partial charge in [0.05, 0.1) is 5.69 Å². The van der Waals surface area contributed by atoms with E-state index in [-0.39, 0.29) is 0 Å². The molecule has 1 heterocycles. The van der Waals surface area contributed by atoms with Crippen molar-refractivity contribution in [2.75, 3.05) is 5.32 Å². The normalized spacial score (nSPS) is 24.2. The minimum atomic E-state index is -0.913. The number of carboxylic acid groups (broad SMARTS) is 1. The van der Waals surface area contributed by atoms with Crippen LogP contribution in [-0.2, 0) is 10.2 Å². The lowest BCUT2D eigenvalue weighted by Gasteiger charge is -2.33. The van der Waals surface area contributed by atoms with Crippen LogP contribution in [0, 0.1) is 5.92 Å². The van der Waals surface area contributed by atoms with Gasteiger partial charge >= 0.3 is 5.97 Å². The maximum Gasteiger partial charge on any atom is 0.315 e. The molecule has 5 heteroatoms. The number of aliphatic carboxylic acids is 1. The van der Waals surface area contributed by atoms with Gasteiger partial charge in [-0.15, -0.1) is 11.3 Å². The van der Waals surface area contributed by atoms with E-state index in [9.17, 15) is 4.79 Å². The Kier molecular flexibility index (Phi) is 3.12. The zero-order valence-corrected chi connectivity index (χ0v) is 11.2. The Balaban J connectivity index is 2.03. The monoisotopic (exact) mass is 254 g/mol. The number of hydrogen-bond donors (Lipinski definition) is 2. The molecule has 0 radical (unpaired) electrons. The van der Waals surface area contributed by atoms with Crippen LogP contribution < -0.4 is 5.32 Å². The lowest BCUT2D eigenvalue weighted by Crippen LogP contribution is -2.34. The molecule has 1 aliphatic rings. The van der Waals surface area contributed by atoms with Crippen LogP contribution in [0.4, 0.5) is 5.13 Å². The largest absolute Gasteiger partial charge is 0.481 e. The van der Waals surface area contributed by atoms with E-state index in [1.165, 1.54) is 24.2 Å². The van der Waals surface area contributed by atoms with Gasteiger partial charge in [-0.2, -0.15) is 0 Å². The average molecular weight is 254 g/mol. The molecule has 1 aliphatic carbocycles. The Morgan fingerprint density at radius 2 is 2.24 bits per heavy atom. The Bertz CT molecular complexity index is 422. The molecular formula is C12H18N2O2S. The molecule has 0 saturated heterocycles. The predicted octanol–water partition coefficient (Wildman–Crippen LogP) is 2.72. The quantitative estimate of drug-likeness (QED) is 0.867. The zero-order valence-electron chi connectivity index (χ0n) is 10.4. The molecule has 1 saturated carbocycles. The Morgan fingerprint density at radius 3 is 2.76 bits per heavy atom. The molecule has 1 aromatic heterocycles. The second-order valence-electron chi connectivity index (χ2n) is 5.39. The molecule has 17 heavy (non-hydrogen) atoms. The van der Waals surface area contributed by atoms with Crippen LogP contribution in [0.1, 0.15) is 39.3 Å². The van der Waals surface area contributed by atoms with Gasteiger partial charge < -0.3 is 10.4 Å². The number of aromatic nitrogens is 1.